The molecule has 6 heteroatoms. The van der Waals surface area contributed by atoms with Gasteiger partial charge in [0.15, 0.2) is 0 Å². The predicted octanol–water partition coefficient (Wildman–Crippen LogP) is 1.50. The van der Waals surface area contributed by atoms with E-state index in [-0.39, 0.29) is 24.9 Å². The number of aryl methyl sites for hydroxylation is 2. The predicted molar refractivity (Wildman–Crippen MR) is 87.9 cm³/mol. The fourth-order valence-corrected chi connectivity index (χ4v) is 2.18. The average molecular weight is 310 g/mol. The minimum atomic E-state index is -0.329. The number of aromatic nitrogens is 2. The number of carbonyl (C=O) groups excluding carboxylic acids is 2. The zero-order valence-corrected chi connectivity index (χ0v) is 13.1. The van der Waals surface area contributed by atoms with Crippen LogP contribution in [0.1, 0.15) is 21.7 Å². The lowest BCUT2D eigenvalue weighted by Gasteiger charge is -2.11. The van der Waals surface area contributed by atoms with E-state index >= 15 is 0 Å². The van der Waals surface area contributed by atoms with Crippen molar-refractivity contribution in [1.82, 2.24) is 15.1 Å². The highest BCUT2D eigenvalue weighted by Crippen LogP contribution is 2.15. The minimum Gasteiger partial charge on any atom is -0.341 e. The Hall–Kier alpha value is -3.07. The number of benzene rings is 1. The number of hydrogen-bond acceptors (Lipinski definition) is 3. The summed E-state index contributed by atoms with van der Waals surface area (Å²) in [5.74, 6) is 1.75. The van der Waals surface area contributed by atoms with Gasteiger partial charge in [-0.1, -0.05) is 18.1 Å². The van der Waals surface area contributed by atoms with E-state index in [1.54, 1.807) is 28.9 Å². The number of rotatable bonds is 5. The highest BCUT2D eigenvalue weighted by atomic mass is 16.2. The largest absolute Gasteiger partial charge is 0.341 e. The van der Waals surface area contributed by atoms with Crippen molar-refractivity contribution in [1.29, 1.82) is 0 Å². The molecular formula is C17H18N4O2. The van der Waals surface area contributed by atoms with E-state index in [9.17, 15) is 9.59 Å². The fourth-order valence-electron chi connectivity index (χ4n) is 2.18. The van der Waals surface area contributed by atoms with Gasteiger partial charge < -0.3 is 10.6 Å². The molecule has 0 fully saturated rings. The van der Waals surface area contributed by atoms with Gasteiger partial charge in [-0.25, -0.2) is 0 Å². The van der Waals surface area contributed by atoms with Gasteiger partial charge in [-0.15, -0.1) is 6.42 Å². The van der Waals surface area contributed by atoms with Crippen LogP contribution in [0, 0.1) is 26.2 Å². The molecule has 1 heterocycles. The molecule has 0 atom stereocenters. The lowest BCUT2D eigenvalue weighted by atomic mass is 10.1. The number of nitrogens with one attached hydrogen (secondary N) is 2. The second-order valence-electron chi connectivity index (χ2n) is 5.07. The van der Waals surface area contributed by atoms with Crippen molar-refractivity contribution in [3.8, 4) is 12.3 Å². The summed E-state index contributed by atoms with van der Waals surface area (Å²) in [7, 11) is 0. The fraction of sp³-hybridized carbons (Fsp3) is 0.235. The summed E-state index contributed by atoms with van der Waals surface area (Å²) in [6, 6.07) is 8.67. The monoisotopic (exact) mass is 310 g/mol. The summed E-state index contributed by atoms with van der Waals surface area (Å²) >= 11 is 0. The summed E-state index contributed by atoms with van der Waals surface area (Å²) in [5.41, 5.74) is 2.56. The topological polar surface area (TPSA) is 76.0 Å². The van der Waals surface area contributed by atoms with Crippen molar-refractivity contribution < 1.29 is 9.59 Å². The summed E-state index contributed by atoms with van der Waals surface area (Å²) < 4.78 is 1.62. The van der Waals surface area contributed by atoms with E-state index in [2.05, 4.69) is 21.7 Å². The molecule has 0 spiro atoms. The van der Waals surface area contributed by atoms with Crippen LogP contribution in [0.5, 0.6) is 0 Å². The molecule has 0 aliphatic rings. The Morgan fingerprint density at radius 1 is 1.30 bits per heavy atom. The zero-order chi connectivity index (χ0) is 16.8. The van der Waals surface area contributed by atoms with Crippen LogP contribution < -0.4 is 10.6 Å². The molecule has 0 aliphatic carbocycles. The summed E-state index contributed by atoms with van der Waals surface area (Å²) in [6.45, 7) is 3.97. The van der Waals surface area contributed by atoms with Crippen molar-refractivity contribution >= 4 is 17.5 Å². The van der Waals surface area contributed by atoms with Gasteiger partial charge in [0.1, 0.15) is 6.54 Å². The van der Waals surface area contributed by atoms with E-state index < -0.39 is 0 Å². The first-order valence-electron chi connectivity index (χ1n) is 7.13. The maximum Gasteiger partial charge on any atom is 0.254 e. The van der Waals surface area contributed by atoms with Crippen LogP contribution in [-0.2, 0) is 11.3 Å². The molecule has 2 amide bonds. The van der Waals surface area contributed by atoms with Gasteiger partial charge in [-0.05, 0) is 32.0 Å². The maximum atomic E-state index is 12.2. The van der Waals surface area contributed by atoms with Gasteiger partial charge in [-0.3, -0.25) is 14.3 Å². The standard InChI is InChI=1S/C17H18N4O2/c1-4-9-18-17(23)14-7-5-6-8-15(14)19-16(22)11-21-13(3)10-12(2)20-21/h1,5-8,10H,9,11H2,2-3H3,(H,18,23)(H,19,22). The molecule has 6 nitrogen and oxygen atoms in total. The molecule has 1 aromatic heterocycles. The van der Waals surface area contributed by atoms with Crippen molar-refractivity contribution in [2.24, 2.45) is 0 Å². The Morgan fingerprint density at radius 3 is 2.70 bits per heavy atom. The molecule has 118 valence electrons. The van der Waals surface area contributed by atoms with Gasteiger partial charge in [0.05, 0.1) is 23.5 Å². The zero-order valence-electron chi connectivity index (χ0n) is 13.1. The van der Waals surface area contributed by atoms with Crippen LogP contribution in [0.3, 0.4) is 0 Å². The highest BCUT2D eigenvalue weighted by Gasteiger charge is 2.13. The molecule has 1 aromatic carbocycles. The third kappa shape index (κ3) is 4.20. The van der Waals surface area contributed by atoms with Crippen molar-refractivity contribution in [2.45, 2.75) is 20.4 Å². The van der Waals surface area contributed by atoms with Crippen LogP contribution >= 0.6 is 0 Å². The molecule has 0 aliphatic heterocycles. The van der Waals surface area contributed by atoms with Crippen LogP contribution in [0.25, 0.3) is 0 Å². The molecule has 2 N–H and O–H groups in total. The summed E-state index contributed by atoms with van der Waals surface area (Å²) in [5, 5.41) is 9.57. The molecule has 2 rings (SSSR count). The first-order chi connectivity index (χ1) is 11.0. The minimum absolute atomic E-state index is 0.0833. The Labute approximate surface area is 134 Å². The van der Waals surface area contributed by atoms with Crippen LogP contribution in [0.4, 0.5) is 5.69 Å². The summed E-state index contributed by atoms with van der Waals surface area (Å²) in [4.78, 5) is 24.2. The van der Waals surface area contributed by atoms with Crippen molar-refractivity contribution in [3.05, 3.63) is 47.3 Å². The lowest BCUT2D eigenvalue weighted by molar-refractivity contribution is -0.116. The first-order valence-corrected chi connectivity index (χ1v) is 7.13. The molecular weight excluding hydrogens is 292 g/mol. The SMILES string of the molecule is C#CCNC(=O)c1ccccc1NC(=O)Cn1nc(C)cc1C. The number of carbonyl (C=O) groups is 2. The highest BCUT2D eigenvalue weighted by molar-refractivity contribution is 6.03. The van der Waals surface area contributed by atoms with E-state index in [0.717, 1.165) is 11.4 Å². The second kappa shape index (κ2) is 7.27. The lowest BCUT2D eigenvalue weighted by Crippen LogP contribution is -2.26. The second-order valence-corrected chi connectivity index (χ2v) is 5.07. The van der Waals surface area contributed by atoms with Gasteiger partial charge in [0.2, 0.25) is 5.91 Å². The Bertz CT molecular complexity index is 771. The van der Waals surface area contributed by atoms with E-state index in [0.29, 0.717) is 11.3 Å². The van der Waals surface area contributed by atoms with Crippen molar-refractivity contribution in [2.75, 3.05) is 11.9 Å². The van der Waals surface area contributed by atoms with E-state index in [1.807, 2.05) is 19.9 Å². The van der Waals surface area contributed by atoms with Crippen LogP contribution in [0.15, 0.2) is 30.3 Å². The Kier molecular flexibility index (Phi) is 5.15. The number of anilines is 1. The maximum absolute atomic E-state index is 12.2. The average Bonchev–Trinajstić information content (AvgIpc) is 2.82. The molecule has 23 heavy (non-hydrogen) atoms. The third-order valence-corrected chi connectivity index (χ3v) is 3.19. The molecule has 0 saturated carbocycles. The number of para-hydroxylation sites is 1. The molecule has 0 radical (unpaired) electrons. The van der Waals surface area contributed by atoms with E-state index in [1.165, 1.54) is 0 Å². The normalized spacial score (nSPS) is 9.96. The number of amides is 2. The smallest absolute Gasteiger partial charge is 0.254 e. The third-order valence-electron chi connectivity index (χ3n) is 3.19. The quantitative estimate of drug-likeness (QED) is 0.822. The van der Waals surface area contributed by atoms with Gasteiger partial charge in [-0.2, -0.15) is 5.10 Å². The number of terminal acetylenes is 1. The number of nitrogens with zero attached hydrogens (tertiary/aromatic N) is 2. The van der Waals surface area contributed by atoms with Gasteiger partial charge in [0.25, 0.3) is 5.91 Å². The molecule has 2 aromatic rings. The molecule has 0 saturated heterocycles. The number of hydrogen-bond donors (Lipinski definition) is 2. The van der Waals surface area contributed by atoms with E-state index in [4.69, 9.17) is 6.42 Å². The van der Waals surface area contributed by atoms with Crippen LogP contribution in [0.2, 0.25) is 0 Å². The Morgan fingerprint density at radius 2 is 2.04 bits per heavy atom. The Balaban J connectivity index is 2.10. The summed E-state index contributed by atoms with van der Waals surface area (Å²) in [6.07, 6.45) is 5.13. The van der Waals surface area contributed by atoms with Gasteiger partial charge >= 0.3 is 0 Å². The molecule has 0 bridgehead atoms. The van der Waals surface area contributed by atoms with Crippen LogP contribution in [-0.4, -0.2) is 28.1 Å². The van der Waals surface area contributed by atoms with Crippen molar-refractivity contribution in [3.63, 3.8) is 0 Å². The van der Waals surface area contributed by atoms with Gasteiger partial charge in [0, 0.05) is 5.69 Å². The molecule has 0 unspecified atom stereocenters. The first kappa shape index (κ1) is 16.3.